The van der Waals surface area contributed by atoms with E-state index in [0.717, 1.165) is 13.0 Å². The number of hydrogen-bond donors (Lipinski definition) is 1. The highest BCUT2D eigenvalue weighted by molar-refractivity contribution is 6.42. The first-order valence-corrected chi connectivity index (χ1v) is 7.06. The maximum atomic E-state index is 5.98. The predicted molar refractivity (Wildman–Crippen MR) is 77.2 cm³/mol. The topological polar surface area (TPSA) is 12.0 Å². The Bertz CT molecular complexity index is 339. The number of halogens is 2. The van der Waals surface area contributed by atoms with Gasteiger partial charge < -0.3 is 5.32 Å². The van der Waals surface area contributed by atoms with Crippen molar-refractivity contribution < 1.29 is 0 Å². The molecule has 1 atom stereocenters. The molecule has 0 saturated heterocycles. The van der Waals surface area contributed by atoms with E-state index in [0.29, 0.717) is 16.1 Å². The molecule has 0 spiro atoms. The Balaban J connectivity index is 2.28. The third kappa shape index (κ3) is 5.76. The standard InChI is InChI=1S/C14H21Cl2N/c1-3-9-17-11(2)5-4-6-12-7-8-13(15)14(16)10-12/h7-8,10-11,17H,3-6,9H2,1-2H3. The Hall–Kier alpha value is -0.240. The molecule has 1 rings (SSSR count). The van der Waals surface area contributed by atoms with Crippen molar-refractivity contribution in [3.8, 4) is 0 Å². The van der Waals surface area contributed by atoms with Crippen LogP contribution in [0.25, 0.3) is 0 Å². The zero-order chi connectivity index (χ0) is 12.7. The van der Waals surface area contributed by atoms with E-state index >= 15 is 0 Å². The van der Waals surface area contributed by atoms with Crippen molar-refractivity contribution in [2.45, 2.75) is 45.6 Å². The average molecular weight is 274 g/mol. The van der Waals surface area contributed by atoms with E-state index in [9.17, 15) is 0 Å². The molecule has 0 aliphatic rings. The van der Waals surface area contributed by atoms with Gasteiger partial charge in [0, 0.05) is 6.04 Å². The van der Waals surface area contributed by atoms with Crippen LogP contribution in [-0.2, 0) is 6.42 Å². The van der Waals surface area contributed by atoms with Gasteiger partial charge in [0.25, 0.3) is 0 Å². The van der Waals surface area contributed by atoms with Gasteiger partial charge in [-0.2, -0.15) is 0 Å². The Morgan fingerprint density at radius 3 is 2.65 bits per heavy atom. The van der Waals surface area contributed by atoms with Gasteiger partial charge in [0.1, 0.15) is 0 Å². The van der Waals surface area contributed by atoms with Gasteiger partial charge in [0.05, 0.1) is 10.0 Å². The van der Waals surface area contributed by atoms with Gasteiger partial charge >= 0.3 is 0 Å². The Morgan fingerprint density at radius 1 is 1.24 bits per heavy atom. The summed E-state index contributed by atoms with van der Waals surface area (Å²) in [6.45, 7) is 5.54. The Labute approximate surface area is 115 Å². The van der Waals surface area contributed by atoms with Gasteiger partial charge in [-0.05, 0) is 56.8 Å². The first-order chi connectivity index (χ1) is 8.13. The summed E-state index contributed by atoms with van der Waals surface area (Å²) in [6, 6.07) is 6.49. The Kier molecular flexibility index (Phi) is 6.94. The number of rotatable bonds is 7. The largest absolute Gasteiger partial charge is 0.314 e. The van der Waals surface area contributed by atoms with Gasteiger partial charge in [0.2, 0.25) is 0 Å². The molecule has 0 aromatic heterocycles. The zero-order valence-corrected chi connectivity index (χ0v) is 12.1. The lowest BCUT2D eigenvalue weighted by Crippen LogP contribution is -2.26. The van der Waals surface area contributed by atoms with Crippen LogP contribution in [0.2, 0.25) is 10.0 Å². The maximum absolute atomic E-state index is 5.98. The van der Waals surface area contributed by atoms with Crippen molar-refractivity contribution in [1.82, 2.24) is 5.32 Å². The van der Waals surface area contributed by atoms with Crippen LogP contribution in [0.1, 0.15) is 38.7 Å². The third-order valence-corrected chi connectivity index (χ3v) is 3.57. The van der Waals surface area contributed by atoms with Crippen LogP contribution in [0.3, 0.4) is 0 Å². The molecule has 0 aliphatic heterocycles. The van der Waals surface area contributed by atoms with Crippen LogP contribution < -0.4 is 5.32 Å². The molecule has 1 unspecified atom stereocenters. The summed E-state index contributed by atoms with van der Waals surface area (Å²) in [7, 11) is 0. The van der Waals surface area contributed by atoms with Crippen molar-refractivity contribution >= 4 is 23.2 Å². The lowest BCUT2D eigenvalue weighted by molar-refractivity contribution is 0.498. The minimum atomic E-state index is 0.595. The van der Waals surface area contributed by atoms with Gasteiger partial charge in [0.15, 0.2) is 0 Å². The van der Waals surface area contributed by atoms with E-state index < -0.39 is 0 Å². The van der Waals surface area contributed by atoms with Crippen molar-refractivity contribution in [1.29, 1.82) is 0 Å². The normalized spacial score (nSPS) is 12.7. The second-order valence-corrected chi connectivity index (χ2v) is 5.31. The van der Waals surface area contributed by atoms with E-state index in [-0.39, 0.29) is 0 Å². The highest BCUT2D eigenvalue weighted by Gasteiger charge is 2.02. The molecule has 3 heteroatoms. The molecule has 0 saturated carbocycles. The minimum Gasteiger partial charge on any atom is -0.314 e. The molecule has 0 heterocycles. The van der Waals surface area contributed by atoms with Gasteiger partial charge in [-0.1, -0.05) is 36.2 Å². The quantitative estimate of drug-likeness (QED) is 0.759. The van der Waals surface area contributed by atoms with E-state index in [1.54, 1.807) is 0 Å². The monoisotopic (exact) mass is 273 g/mol. The fourth-order valence-electron chi connectivity index (χ4n) is 1.80. The summed E-state index contributed by atoms with van der Waals surface area (Å²) in [5.41, 5.74) is 1.27. The summed E-state index contributed by atoms with van der Waals surface area (Å²) in [4.78, 5) is 0. The molecule has 1 aromatic carbocycles. The second kappa shape index (κ2) is 7.97. The molecule has 1 N–H and O–H groups in total. The Morgan fingerprint density at radius 2 is 2.00 bits per heavy atom. The van der Waals surface area contributed by atoms with E-state index in [1.807, 2.05) is 12.1 Å². The smallest absolute Gasteiger partial charge is 0.0595 e. The summed E-state index contributed by atoms with van der Waals surface area (Å²) in [6.07, 6.45) is 4.63. The highest BCUT2D eigenvalue weighted by atomic mass is 35.5. The van der Waals surface area contributed by atoms with Crippen LogP contribution in [0.5, 0.6) is 0 Å². The van der Waals surface area contributed by atoms with Crippen LogP contribution in [0, 0.1) is 0 Å². The van der Waals surface area contributed by atoms with Crippen molar-refractivity contribution in [3.63, 3.8) is 0 Å². The van der Waals surface area contributed by atoms with E-state index in [1.165, 1.54) is 24.8 Å². The number of aryl methyl sites for hydroxylation is 1. The molecule has 96 valence electrons. The lowest BCUT2D eigenvalue weighted by Gasteiger charge is -2.12. The summed E-state index contributed by atoms with van der Waals surface area (Å²) >= 11 is 11.9. The van der Waals surface area contributed by atoms with Gasteiger partial charge in [-0.15, -0.1) is 0 Å². The molecule has 0 fully saturated rings. The van der Waals surface area contributed by atoms with E-state index in [2.05, 4.69) is 25.2 Å². The average Bonchev–Trinajstić information content (AvgIpc) is 2.31. The van der Waals surface area contributed by atoms with Crippen LogP contribution in [0.4, 0.5) is 0 Å². The number of benzene rings is 1. The van der Waals surface area contributed by atoms with E-state index in [4.69, 9.17) is 23.2 Å². The summed E-state index contributed by atoms with van der Waals surface area (Å²) in [5.74, 6) is 0. The molecule has 17 heavy (non-hydrogen) atoms. The second-order valence-electron chi connectivity index (χ2n) is 4.50. The van der Waals surface area contributed by atoms with Crippen molar-refractivity contribution in [2.75, 3.05) is 6.54 Å². The molecular formula is C14H21Cl2N. The SMILES string of the molecule is CCCNC(C)CCCc1ccc(Cl)c(Cl)c1. The fraction of sp³-hybridized carbons (Fsp3) is 0.571. The van der Waals surface area contributed by atoms with Crippen molar-refractivity contribution in [3.05, 3.63) is 33.8 Å². The minimum absolute atomic E-state index is 0.595. The first kappa shape index (κ1) is 14.8. The summed E-state index contributed by atoms with van der Waals surface area (Å²) < 4.78 is 0. The molecule has 0 amide bonds. The lowest BCUT2D eigenvalue weighted by atomic mass is 10.1. The van der Waals surface area contributed by atoms with Gasteiger partial charge in [-0.3, -0.25) is 0 Å². The number of nitrogens with one attached hydrogen (secondary N) is 1. The van der Waals surface area contributed by atoms with Crippen LogP contribution in [0.15, 0.2) is 18.2 Å². The van der Waals surface area contributed by atoms with Gasteiger partial charge in [-0.25, -0.2) is 0 Å². The van der Waals surface area contributed by atoms with Crippen molar-refractivity contribution in [2.24, 2.45) is 0 Å². The molecule has 0 aliphatic carbocycles. The highest BCUT2D eigenvalue weighted by Crippen LogP contribution is 2.23. The maximum Gasteiger partial charge on any atom is 0.0595 e. The molecule has 0 bridgehead atoms. The zero-order valence-electron chi connectivity index (χ0n) is 10.6. The molecule has 0 radical (unpaired) electrons. The molecular weight excluding hydrogens is 253 g/mol. The number of hydrogen-bond acceptors (Lipinski definition) is 1. The summed E-state index contributed by atoms with van der Waals surface area (Å²) in [5, 5.41) is 4.78. The molecule has 1 aromatic rings. The third-order valence-electron chi connectivity index (χ3n) is 2.83. The fourth-order valence-corrected chi connectivity index (χ4v) is 2.12. The molecule has 1 nitrogen and oxygen atoms in total. The first-order valence-electron chi connectivity index (χ1n) is 6.30. The van der Waals surface area contributed by atoms with Crippen LogP contribution >= 0.6 is 23.2 Å². The van der Waals surface area contributed by atoms with Crippen LogP contribution in [-0.4, -0.2) is 12.6 Å². The predicted octanol–water partition coefficient (Wildman–Crippen LogP) is 4.70.